The van der Waals surface area contributed by atoms with Crippen molar-refractivity contribution in [2.75, 3.05) is 10.6 Å². The number of nitrogens with one attached hydrogen (secondary N) is 2. The molecule has 0 bridgehead atoms. The van der Waals surface area contributed by atoms with Gasteiger partial charge in [-0.2, -0.15) is 0 Å². The Labute approximate surface area is 134 Å². The molecule has 0 amide bonds. The monoisotopic (exact) mass is 306 g/mol. The third-order valence-electron chi connectivity index (χ3n) is 3.88. The molecule has 0 spiro atoms. The fourth-order valence-corrected chi connectivity index (χ4v) is 3.09. The van der Waals surface area contributed by atoms with Gasteiger partial charge in [0.2, 0.25) is 0 Å². The van der Waals surface area contributed by atoms with Gasteiger partial charge >= 0.3 is 0 Å². The van der Waals surface area contributed by atoms with E-state index in [0.717, 1.165) is 22.0 Å². The number of benzene rings is 3. The van der Waals surface area contributed by atoms with Gasteiger partial charge in [-0.25, -0.2) is 0 Å². The summed E-state index contributed by atoms with van der Waals surface area (Å²) in [6, 6.07) is 22.6. The van der Waals surface area contributed by atoms with Gasteiger partial charge in [-0.3, -0.25) is 0 Å². The Bertz CT molecular complexity index is 815. The topological polar surface area (TPSA) is 24.1 Å². The van der Waals surface area contributed by atoms with Crippen LogP contribution in [0, 0.1) is 0 Å². The molecule has 1 heterocycles. The Morgan fingerprint density at radius 1 is 0.818 bits per heavy atom. The van der Waals surface area contributed by atoms with Gasteiger partial charge in [-0.1, -0.05) is 66.2 Å². The lowest BCUT2D eigenvalue weighted by atomic mass is 10.0. The third kappa shape index (κ3) is 2.32. The highest BCUT2D eigenvalue weighted by molar-refractivity contribution is 6.32. The normalized spacial score (nSPS) is 14.5. The van der Waals surface area contributed by atoms with Gasteiger partial charge in [0.05, 0.1) is 5.03 Å². The maximum atomic E-state index is 6.53. The molecule has 2 nitrogen and oxygen atoms in total. The summed E-state index contributed by atoms with van der Waals surface area (Å²) in [5, 5.41) is 10.1. The second kappa shape index (κ2) is 5.39. The Morgan fingerprint density at radius 3 is 2.09 bits per heavy atom. The van der Waals surface area contributed by atoms with Crippen LogP contribution in [0.3, 0.4) is 0 Å². The summed E-state index contributed by atoms with van der Waals surface area (Å²) in [5.74, 6) is 0. The van der Waals surface area contributed by atoms with E-state index in [4.69, 9.17) is 11.6 Å². The Morgan fingerprint density at radius 2 is 1.45 bits per heavy atom. The molecule has 3 aromatic carbocycles. The molecule has 1 aliphatic heterocycles. The number of hydrogen-bond donors (Lipinski definition) is 2. The van der Waals surface area contributed by atoms with Crippen LogP contribution in [0.25, 0.3) is 16.8 Å². The third-order valence-corrected chi connectivity index (χ3v) is 4.21. The number of hydrogen-bond acceptors (Lipinski definition) is 2. The number of halogens is 1. The van der Waals surface area contributed by atoms with E-state index in [-0.39, 0.29) is 6.17 Å². The Kier molecular flexibility index (Phi) is 3.24. The Balaban J connectivity index is 1.71. The lowest BCUT2D eigenvalue weighted by Crippen LogP contribution is -2.32. The highest BCUT2D eigenvalue weighted by atomic mass is 35.5. The van der Waals surface area contributed by atoms with Crippen LogP contribution < -0.4 is 10.6 Å². The maximum Gasteiger partial charge on any atom is 0.134 e. The molecule has 0 radical (unpaired) electrons. The molecule has 4 rings (SSSR count). The molecule has 0 saturated heterocycles. The van der Waals surface area contributed by atoms with E-state index in [0.29, 0.717) is 0 Å². The van der Waals surface area contributed by atoms with Crippen molar-refractivity contribution in [2.24, 2.45) is 0 Å². The molecule has 22 heavy (non-hydrogen) atoms. The van der Waals surface area contributed by atoms with Gasteiger partial charge in [0, 0.05) is 16.8 Å². The molecule has 0 aliphatic carbocycles. The van der Waals surface area contributed by atoms with E-state index in [1.807, 2.05) is 36.4 Å². The van der Waals surface area contributed by atoms with Crippen LogP contribution in [-0.2, 0) is 0 Å². The van der Waals surface area contributed by atoms with Crippen molar-refractivity contribution >= 4 is 39.8 Å². The first kappa shape index (κ1) is 13.2. The largest absolute Gasteiger partial charge is 0.360 e. The van der Waals surface area contributed by atoms with Gasteiger partial charge < -0.3 is 10.6 Å². The van der Waals surface area contributed by atoms with Crippen molar-refractivity contribution in [1.29, 1.82) is 0 Å². The molecule has 3 heteroatoms. The van der Waals surface area contributed by atoms with Crippen LogP contribution in [0.4, 0.5) is 11.4 Å². The van der Waals surface area contributed by atoms with Crippen molar-refractivity contribution in [3.63, 3.8) is 0 Å². The van der Waals surface area contributed by atoms with Crippen LogP contribution >= 0.6 is 11.6 Å². The summed E-state index contributed by atoms with van der Waals surface area (Å²) in [6.07, 6.45) is 1.86. The predicted molar refractivity (Wildman–Crippen MR) is 95.3 cm³/mol. The summed E-state index contributed by atoms with van der Waals surface area (Å²) in [6.45, 7) is 0. The Hall–Kier alpha value is -2.45. The zero-order valence-corrected chi connectivity index (χ0v) is 12.6. The molecular formula is C19H15ClN2. The minimum atomic E-state index is -0.123. The molecule has 2 N–H and O–H groups in total. The highest BCUT2D eigenvalue weighted by Crippen LogP contribution is 2.36. The van der Waals surface area contributed by atoms with Gasteiger partial charge in [-0.15, -0.1) is 0 Å². The predicted octanol–water partition coefficient (Wildman–Crippen LogP) is 5.28. The molecule has 0 fully saturated rings. The van der Waals surface area contributed by atoms with Crippen molar-refractivity contribution in [1.82, 2.24) is 0 Å². The average molecular weight is 307 g/mol. The van der Waals surface area contributed by atoms with E-state index in [1.165, 1.54) is 10.8 Å². The lowest BCUT2D eigenvalue weighted by Gasteiger charge is -2.29. The van der Waals surface area contributed by atoms with Crippen molar-refractivity contribution < 1.29 is 0 Å². The van der Waals surface area contributed by atoms with E-state index in [2.05, 4.69) is 47.0 Å². The van der Waals surface area contributed by atoms with E-state index < -0.39 is 0 Å². The zero-order valence-electron chi connectivity index (χ0n) is 11.9. The van der Waals surface area contributed by atoms with E-state index in [9.17, 15) is 0 Å². The summed E-state index contributed by atoms with van der Waals surface area (Å²) in [5.41, 5.74) is 3.31. The van der Waals surface area contributed by atoms with Crippen LogP contribution in [0.2, 0.25) is 0 Å². The van der Waals surface area contributed by atoms with Gasteiger partial charge in [0.25, 0.3) is 0 Å². The second-order valence-electron chi connectivity index (χ2n) is 5.37. The molecule has 0 aromatic heterocycles. The molecule has 0 atom stereocenters. The van der Waals surface area contributed by atoms with Crippen LogP contribution in [0.5, 0.6) is 0 Å². The average Bonchev–Trinajstić information content (AvgIpc) is 2.56. The lowest BCUT2D eigenvalue weighted by molar-refractivity contribution is 0.993. The van der Waals surface area contributed by atoms with Crippen LogP contribution in [0.1, 0.15) is 5.56 Å². The summed E-state index contributed by atoms with van der Waals surface area (Å²) in [7, 11) is 0. The van der Waals surface area contributed by atoms with Crippen molar-refractivity contribution in [3.8, 4) is 0 Å². The molecule has 0 saturated carbocycles. The van der Waals surface area contributed by atoms with Gasteiger partial charge in [0.15, 0.2) is 0 Å². The van der Waals surface area contributed by atoms with E-state index >= 15 is 0 Å². The van der Waals surface area contributed by atoms with Crippen LogP contribution in [0.15, 0.2) is 71.8 Å². The smallest absolute Gasteiger partial charge is 0.134 e. The van der Waals surface area contributed by atoms with Crippen LogP contribution in [-0.4, -0.2) is 6.17 Å². The highest BCUT2D eigenvalue weighted by Gasteiger charge is 2.20. The molecule has 108 valence electrons. The molecule has 3 aromatic rings. The molecule has 1 aliphatic rings. The standard InChI is InChI=1S/C19H15ClN2/c20-15(12-13-6-2-1-3-7-13)19-21-16-10-4-8-14-9-5-11-17(22-19)18(14)16/h1-12,19,21-22H. The number of rotatable bonds is 2. The zero-order chi connectivity index (χ0) is 14.9. The van der Waals surface area contributed by atoms with Gasteiger partial charge in [-0.05, 0) is 29.2 Å². The fraction of sp³-hybridized carbons (Fsp3) is 0.0526. The van der Waals surface area contributed by atoms with Gasteiger partial charge in [0.1, 0.15) is 6.17 Å². The first-order valence-electron chi connectivity index (χ1n) is 7.28. The minimum absolute atomic E-state index is 0.123. The second-order valence-corrected chi connectivity index (χ2v) is 5.81. The summed E-state index contributed by atoms with van der Waals surface area (Å²) in [4.78, 5) is 0. The quantitative estimate of drug-likeness (QED) is 0.673. The molecular weight excluding hydrogens is 292 g/mol. The summed E-state index contributed by atoms with van der Waals surface area (Å²) < 4.78 is 0. The maximum absolute atomic E-state index is 6.53. The van der Waals surface area contributed by atoms with E-state index in [1.54, 1.807) is 0 Å². The first-order chi connectivity index (χ1) is 10.8. The fourth-order valence-electron chi connectivity index (χ4n) is 2.86. The number of anilines is 2. The summed E-state index contributed by atoms with van der Waals surface area (Å²) >= 11 is 6.53. The van der Waals surface area contributed by atoms with Crippen molar-refractivity contribution in [3.05, 3.63) is 77.3 Å². The SMILES string of the molecule is ClC(=Cc1ccccc1)C1Nc2cccc3cccc(c23)N1. The first-order valence-corrected chi connectivity index (χ1v) is 7.66. The minimum Gasteiger partial charge on any atom is -0.360 e. The van der Waals surface area contributed by atoms with Crippen molar-refractivity contribution in [2.45, 2.75) is 6.17 Å². The molecule has 0 unspecified atom stereocenters.